The molecule has 12 heavy (non-hydrogen) atoms. The molecule has 1 aromatic heterocycles. The summed E-state index contributed by atoms with van der Waals surface area (Å²) in [7, 11) is 0. The molecule has 4 nitrogen and oxygen atoms in total. The van der Waals surface area contributed by atoms with Crippen LogP contribution in [0.2, 0.25) is 0 Å². The lowest BCUT2D eigenvalue weighted by atomic mass is 10.4. The average molecular weight is 167 g/mol. The molecule has 66 valence electrons. The molecule has 0 atom stereocenters. The van der Waals surface area contributed by atoms with E-state index in [0.717, 1.165) is 0 Å². The zero-order valence-electron chi connectivity index (χ0n) is 7.56. The van der Waals surface area contributed by atoms with Crippen molar-refractivity contribution in [2.45, 2.75) is 26.8 Å². The second-order valence-electron chi connectivity index (χ2n) is 2.84. The Labute approximate surface area is 71.1 Å². The third kappa shape index (κ3) is 1.47. The van der Waals surface area contributed by atoms with Gasteiger partial charge in [-0.2, -0.15) is 5.10 Å². The van der Waals surface area contributed by atoms with Crippen molar-refractivity contribution in [1.82, 2.24) is 14.3 Å². The standard InChI is InChI=1S/C8H13N3O/c1-4-5-10-6-9-11(7(2)3)8(10)12/h4-7H,1-3H3/b5-4+. The molecular formula is C8H13N3O. The van der Waals surface area contributed by atoms with Crippen LogP contribution in [0.4, 0.5) is 0 Å². The normalized spacial score (nSPS) is 11.7. The Bertz CT molecular complexity index is 332. The molecule has 1 rings (SSSR count). The molecule has 1 aromatic rings. The third-order valence-corrected chi connectivity index (χ3v) is 1.52. The third-order valence-electron chi connectivity index (χ3n) is 1.52. The Morgan fingerprint density at radius 1 is 1.58 bits per heavy atom. The molecule has 0 amide bonds. The summed E-state index contributed by atoms with van der Waals surface area (Å²) in [5.41, 5.74) is -0.0944. The maximum absolute atomic E-state index is 11.4. The molecule has 0 aromatic carbocycles. The zero-order chi connectivity index (χ0) is 9.14. The smallest absolute Gasteiger partial charge is 0.257 e. The Morgan fingerprint density at radius 2 is 2.25 bits per heavy atom. The van der Waals surface area contributed by atoms with Gasteiger partial charge in [0.2, 0.25) is 0 Å². The van der Waals surface area contributed by atoms with Crippen LogP contribution in [0, 0.1) is 0 Å². The predicted octanol–water partition coefficient (Wildman–Crippen LogP) is 1.12. The largest absolute Gasteiger partial charge is 0.350 e. The van der Waals surface area contributed by atoms with Crippen LogP contribution in [0.25, 0.3) is 6.20 Å². The molecule has 0 radical (unpaired) electrons. The first-order valence-corrected chi connectivity index (χ1v) is 3.95. The van der Waals surface area contributed by atoms with E-state index in [1.165, 1.54) is 15.6 Å². The van der Waals surface area contributed by atoms with Crippen molar-refractivity contribution in [3.05, 3.63) is 22.9 Å². The summed E-state index contributed by atoms with van der Waals surface area (Å²) in [6, 6.07) is 0.115. The van der Waals surface area contributed by atoms with Gasteiger partial charge >= 0.3 is 5.69 Å². The second kappa shape index (κ2) is 3.38. The molecule has 0 saturated carbocycles. The minimum atomic E-state index is -0.0944. The molecule has 0 unspecified atom stereocenters. The van der Waals surface area contributed by atoms with Gasteiger partial charge in [0.1, 0.15) is 6.33 Å². The molecule has 1 heterocycles. The maximum atomic E-state index is 11.4. The molecule has 0 aliphatic rings. The number of rotatable bonds is 2. The molecule has 0 aliphatic heterocycles. The summed E-state index contributed by atoms with van der Waals surface area (Å²) in [4.78, 5) is 11.4. The molecule has 0 fully saturated rings. The number of hydrogen-bond donors (Lipinski definition) is 0. The van der Waals surface area contributed by atoms with Crippen molar-refractivity contribution in [2.75, 3.05) is 0 Å². The summed E-state index contributed by atoms with van der Waals surface area (Å²) < 4.78 is 2.90. The summed E-state index contributed by atoms with van der Waals surface area (Å²) in [6.45, 7) is 5.71. The van der Waals surface area contributed by atoms with Gasteiger partial charge in [0.25, 0.3) is 0 Å². The van der Waals surface area contributed by atoms with E-state index >= 15 is 0 Å². The van der Waals surface area contributed by atoms with E-state index in [4.69, 9.17) is 0 Å². The minimum absolute atomic E-state index is 0.0944. The van der Waals surface area contributed by atoms with Gasteiger partial charge < -0.3 is 0 Å². The highest BCUT2D eigenvalue weighted by Crippen LogP contribution is 1.95. The molecule has 4 heteroatoms. The monoisotopic (exact) mass is 167 g/mol. The molecule has 0 aliphatic carbocycles. The summed E-state index contributed by atoms with van der Waals surface area (Å²) in [5, 5.41) is 3.95. The van der Waals surface area contributed by atoms with Gasteiger partial charge in [0.15, 0.2) is 0 Å². The lowest BCUT2D eigenvalue weighted by molar-refractivity contribution is 0.512. The Balaban J connectivity index is 3.14. The SMILES string of the molecule is C/C=C/n1cnn(C(C)C)c1=O. The van der Waals surface area contributed by atoms with Crippen LogP contribution in [0.15, 0.2) is 17.2 Å². The van der Waals surface area contributed by atoms with Crippen LogP contribution in [0.1, 0.15) is 26.8 Å². The fraction of sp³-hybridized carbons (Fsp3) is 0.500. The molecule has 0 saturated heterocycles. The van der Waals surface area contributed by atoms with Crippen LogP contribution < -0.4 is 5.69 Å². The van der Waals surface area contributed by atoms with Gasteiger partial charge in [-0.05, 0) is 20.8 Å². The number of hydrogen-bond acceptors (Lipinski definition) is 2. The van der Waals surface area contributed by atoms with Gasteiger partial charge in [-0.3, -0.25) is 4.57 Å². The quantitative estimate of drug-likeness (QED) is 0.662. The van der Waals surface area contributed by atoms with E-state index in [-0.39, 0.29) is 11.7 Å². The number of allylic oxidation sites excluding steroid dienone is 1. The minimum Gasteiger partial charge on any atom is -0.257 e. The van der Waals surface area contributed by atoms with Crippen LogP contribution in [-0.4, -0.2) is 14.3 Å². The van der Waals surface area contributed by atoms with Crippen LogP contribution in [-0.2, 0) is 0 Å². The van der Waals surface area contributed by atoms with Crippen molar-refractivity contribution in [1.29, 1.82) is 0 Å². The van der Waals surface area contributed by atoms with Crippen LogP contribution in [0.5, 0.6) is 0 Å². The summed E-state index contributed by atoms with van der Waals surface area (Å²) in [5.74, 6) is 0. The first-order chi connectivity index (χ1) is 5.66. The van der Waals surface area contributed by atoms with E-state index in [0.29, 0.717) is 0 Å². The van der Waals surface area contributed by atoms with Gasteiger partial charge in [-0.15, -0.1) is 0 Å². The molecule has 0 N–H and O–H groups in total. The molecule has 0 spiro atoms. The maximum Gasteiger partial charge on any atom is 0.350 e. The summed E-state index contributed by atoms with van der Waals surface area (Å²) >= 11 is 0. The highest BCUT2D eigenvalue weighted by molar-refractivity contribution is 5.18. The van der Waals surface area contributed by atoms with Crippen molar-refractivity contribution in [2.24, 2.45) is 0 Å². The highest BCUT2D eigenvalue weighted by Gasteiger charge is 2.04. The van der Waals surface area contributed by atoms with Crippen molar-refractivity contribution in [3.8, 4) is 0 Å². The van der Waals surface area contributed by atoms with E-state index in [9.17, 15) is 4.79 Å². The van der Waals surface area contributed by atoms with Crippen molar-refractivity contribution >= 4 is 6.20 Å². The van der Waals surface area contributed by atoms with Gasteiger partial charge in [0.05, 0.1) is 6.04 Å². The van der Waals surface area contributed by atoms with E-state index in [1.807, 2.05) is 20.8 Å². The first-order valence-electron chi connectivity index (χ1n) is 3.95. The Hall–Kier alpha value is -1.32. The van der Waals surface area contributed by atoms with Crippen molar-refractivity contribution in [3.63, 3.8) is 0 Å². The second-order valence-corrected chi connectivity index (χ2v) is 2.84. The van der Waals surface area contributed by atoms with Crippen LogP contribution >= 0.6 is 0 Å². The lowest BCUT2D eigenvalue weighted by Gasteiger charge is -2.00. The summed E-state index contributed by atoms with van der Waals surface area (Å²) in [6.07, 6.45) is 5.00. The molecular weight excluding hydrogens is 154 g/mol. The highest BCUT2D eigenvalue weighted by atomic mass is 16.2. The zero-order valence-corrected chi connectivity index (χ0v) is 7.56. The predicted molar refractivity (Wildman–Crippen MR) is 47.9 cm³/mol. The number of nitrogens with zero attached hydrogens (tertiary/aromatic N) is 3. The average Bonchev–Trinajstić information content (AvgIpc) is 2.34. The van der Waals surface area contributed by atoms with E-state index < -0.39 is 0 Å². The van der Waals surface area contributed by atoms with Crippen molar-refractivity contribution < 1.29 is 0 Å². The van der Waals surface area contributed by atoms with Gasteiger partial charge in [-0.1, -0.05) is 6.08 Å². The number of aromatic nitrogens is 3. The van der Waals surface area contributed by atoms with Gasteiger partial charge in [0, 0.05) is 6.20 Å². The van der Waals surface area contributed by atoms with Gasteiger partial charge in [-0.25, -0.2) is 9.48 Å². The lowest BCUT2D eigenvalue weighted by Crippen LogP contribution is -2.23. The van der Waals surface area contributed by atoms with Crippen LogP contribution in [0.3, 0.4) is 0 Å². The van der Waals surface area contributed by atoms with E-state index in [2.05, 4.69) is 5.10 Å². The Kier molecular flexibility index (Phi) is 2.47. The molecule has 0 bridgehead atoms. The fourth-order valence-corrected chi connectivity index (χ4v) is 0.945. The first kappa shape index (κ1) is 8.77. The Morgan fingerprint density at radius 3 is 2.67 bits per heavy atom. The fourth-order valence-electron chi connectivity index (χ4n) is 0.945. The van der Waals surface area contributed by atoms with E-state index in [1.54, 1.807) is 12.3 Å². The topological polar surface area (TPSA) is 39.8 Å².